The van der Waals surface area contributed by atoms with Crippen LogP contribution in [0.15, 0.2) is 83.8 Å². The van der Waals surface area contributed by atoms with E-state index in [1.54, 1.807) is 22.7 Å². The third-order valence-electron chi connectivity index (χ3n) is 11.0. The molecule has 0 bridgehead atoms. The lowest BCUT2D eigenvalue weighted by atomic mass is 10.0. The fraction of sp³-hybridized carbons (Fsp3) is 0.435. The van der Waals surface area contributed by atoms with Gasteiger partial charge in [0.2, 0.25) is 0 Å². The van der Waals surface area contributed by atoms with Gasteiger partial charge < -0.3 is 9.47 Å². The second kappa shape index (κ2) is 17.8. The highest BCUT2D eigenvalue weighted by molar-refractivity contribution is 7.17. The lowest BCUT2D eigenvalue weighted by molar-refractivity contribution is 0.221. The first-order valence-corrected chi connectivity index (χ1v) is 21.6. The summed E-state index contributed by atoms with van der Waals surface area (Å²) < 4.78 is 14.4. The number of fused-ring (bicyclic) bond motifs is 4. The fourth-order valence-electron chi connectivity index (χ4n) is 7.61. The highest BCUT2D eigenvalue weighted by Crippen LogP contribution is 2.31. The molecule has 6 aromatic rings. The van der Waals surface area contributed by atoms with Crippen molar-refractivity contribution in [3.8, 4) is 11.5 Å². The van der Waals surface area contributed by atoms with E-state index in [4.69, 9.17) is 9.47 Å². The van der Waals surface area contributed by atoms with Crippen LogP contribution in [-0.4, -0.2) is 59.2 Å². The molecule has 0 fully saturated rings. The Hall–Kier alpha value is -3.82. The molecule has 0 amide bonds. The lowest BCUT2D eigenvalue weighted by Crippen LogP contribution is -2.29. The van der Waals surface area contributed by atoms with Gasteiger partial charge in [-0.1, -0.05) is 52.0 Å². The van der Waals surface area contributed by atoms with Crippen molar-refractivity contribution in [2.75, 3.05) is 39.4 Å². The Labute approximate surface area is 330 Å². The molecule has 0 N–H and O–H groups in total. The Morgan fingerprint density at radius 2 is 0.926 bits per heavy atom. The summed E-state index contributed by atoms with van der Waals surface area (Å²) >= 11 is 3.42. The third-order valence-corrected chi connectivity index (χ3v) is 12.6. The molecule has 2 aliphatic rings. The third kappa shape index (κ3) is 9.51. The molecule has 4 aromatic carbocycles. The van der Waals surface area contributed by atoms with Crippen LogP contribution in [0.5, 0.6) is 11.5 Å². The average molecular weight is 761 g/mol. The maximum absolute atomic E-state index is 5.93. The Morgan fingerprint density at radius 1 is 0.519 bits per heavy atom. The number of nitrogens with zero attached hydrogens (tertiary/aromatic N) is 4. The highest BCUT2D eigenvalue weighted by Gasteiger charge is 2.22. The molecule has 8 heteroatoms. The Kier molecular flexibility index (Phi) is 12.6. The molecule has 0 aliphatic carbocycles. The normalized spacial score (nSPS) is 16.3. The van der Waals surface area contributed by atoms with Gasteiger partial charge in [-0.2, -0.15) is 0 Å². The summed E-state index contributed by atoms with van der Waals surface area (Å²) in [4.78, 5) is 14.2. The van der Waals surface area contributed by atoms with Crippen LogP contribution in [0, 0.1) is 11.8 Å². The summed E-state index contributed by atoms with van der Waals surface area (Å²) in [5, 5.41) is 0. The quantitative estimate of drug-likeness (QED) is 0.139. The highest BCUT2D eigenvalue weighted by atomic mass is 32.1. The lowest BCUT2D eigenvalue weighted by Gasteiger charge is -2.28. The van der Waals surface area contributed by atoms with Gasteiger partial charge in [0.1, 0.15) is 11.5 Å². The van der Waals surface area contributed by atoms with Gasteiger partial charge >= 0.3 is 0 Å². The summed E-state index contributed by atoms with van der Waals surface area (Å²) in [5.41, 5.74) is 14.7. The molecule has 4 heterocycles. The Morgan fingerprint density at radius 3 is 1.33 bits per heavy atom. The van der Waals surface area contributed by atoms with Gasteiger partial charge in [0.25, 0.3) is 0 Å². The van der Waals surface area contributed by atoms with Crippen molar-refractivity contribution in [2.45, 2.75) is 79.3 Å². The molecule has 284 valence electrons. The van der Waals surface area contributed by atoms with E-state index in [9.17, 15) is 0 Å². The van der Waals surface area contributed by atoms with Crippen LogP contribution in [0.4, 0.5) is 0 Å². The maximum atomic E-state index is 5.93. The molecule has 54 heavy (non-hydrogen) atoms. The first-order chi connectivity index (χ1) is 26.2. The number of hydrogen-bond donors (Lipinski definition) is 0. The van der Waals surface area contributed by atoms with Crippen LogP contribution in [0.3, 0.4) is 0 Å². The van der Waals surface area contributed by atoms with Crippen LogP contribution in [0.1, 0.15) is 87.0 Å². The van der Waals surface area contributed by atoms with E-state index in [1.807, 2.05) is 11.0 Å². The predicted molar refractivity (Wildman–Crippen MR) is 228 cm³/mol. The molecule has 0 unspecified atom stereocenters. The van der Waals surface area contributed by atoms with Gasteiger partial charge in [-0.15, -0.1) is 22.7 Å². The molecule has 2 aliphatic heterocycles. The van der Waals surface area contributed by atoms with Crippen LogP contribution < -0.4 is 9.47 Å². The summed E-state index contributed by atoms with van der Waals surface area (Å²) in [6.45, 7) is 19.3. The molecular formula is C46H56N4O2S2. The molecule has 0 saturated heterocycles. The maximum Gasteiger partial charge on any atom is 0.119 e. The molecule has 0 saturated carbocycles. The van der Waals surface area contributed by atoms with Crippen molar-refractivity contribution in [3.63, 3.8) is 0 Å². The summed E-state index contributed by atoms with van der Waals surface area (Å²) in [5.74, 6) is 3.13. The molecule has 0 spiro atoms. The van der Waals surface area contributed by atoms with Crippen LogP contribution in [-0.2, 0) is 25.7 Å². The first kappa shape index (κ1) is 38.5. The van der Waals surface area contributed by atoms with Crippen molar-refractivity contribution < 1.29 is 9.47 Å². The van der Waals surface area contributed by atoms with Crippen molar-refractivity contribution in [1.82, 2.24) is 19.8 Å². The monoisotopic (exact) mass is 760 g/mol. The number of aromatic nitrogens is 2. The van der Waals surface area contributed by atoms with Gasteiger partial charge in [-0.25, -0.2) is 9.97 Å². The fourth-order valence-corrected chi connectivity index (χ4v) is 8.93. The number of thiazole rings is 2. The van der Waals surface area contributed by atoms with E-state index < -0.39 is 0 Å². The minimum absolute atomic E-state index is 0.405. The largest absolute Gasteiger partial charge is 0.493 e. The molecule has 8 rings (SSSR count). The van der Waals surface area contributed by atoms with Gasteiger partial charge in [-0.3, -0.25) is 9.80 Å². The van der Waals surface area contributed by atoms with Gasteiger partial charge in [0.05, 0.1) is 44.7 Å². The van der Waals surface area contributed by atoms with Crippen molar-refractivity contribution >= 4 is 43.1 Å². The van der Waals surface area contributed by atoms with Crippen molar-refractivity contribution in [3.05, 3.63) is 117 Å². The van der Waals surface area contributed by atoms with Crippen LogP contribution >= 0.6 is 22.7 Å². The van der Waals surface area contributed by atoms with E-state index in [0.29, 0.717) is 23.9 Å². The molecule has 2 aromatic heterocycles. The minimum Gasteiger partial charge on any atom is -0.493 e. The van der Waals surface area contributed by atoms with Crippen LogP contribution in [0.2, 0.25) is 0 Å². The van der Waals surface area contributed by atoms with E-state index in [-0.39, 0.29) is 0 Å². The van der Waals surface area contributed by atoms with Crippen molar-refractivity contribution in [1.29, 1.82) is 0 Å². The zero-order chi connectivity index (χ0) is 37.6. The Bertz CT molecular complexity index is 1990. The smallest absolute Gasteiger partial charge is 0.119 e. The topological polar surface area (TPSA) is 50.7 Å². The predicted octanol–water partition coefficient (Wildman–Crippen LogP) is 11.0. The number of rotatable bonds is 10. The minimum atomic E-state index is 0.405. The van der Waals surface area contributed by atoms with E-state index >= 15 is 0 Å². The van der Waals surface area contributed by atoms with Gasteiger partial charge in [0.15, 0.2) is 0 Å². The molecular weight excluding hydrogens is 705 g/mol. The zero-order valence-corrected chi connectivity index (χ0v) is 34.5. The number of hydrogen-bond acceptors (Lipinski definition) is 8. The van der Waals surface area contributed by atoms with E-state index in [0.717, 1.165) is 87.6 Å². The second-order valence-corrected chi connectivity index (χ2v) is 17.6. The summed E-state index contributed by atoms with van der Waals surface area (Å²) in [6, 6.07) is 27.6. The molecule has 2 atom stereocenters. The second-order valence-electron chi connectivity index (χ2n) is 15.9. The van der Waals surface area contributed by atoms with E-state index in [2.05, 4.69) is 134 Å². The number of ether oxygens (including phenoxy) is 2. The zero-order valence-electron chi connectivity index (χ0n) is 32.9. The standard InChI is InChI=1S/2C23H28N2OS/c2*1-16(2)14-26-21-6-4-18-8-10-25(11-9-20(18)12-21)17(3)19-5-7-23-22(13-19)24-15-27-23/h2*4-7,12-13,15-17H,8-11,14H2,1-3H3/t2*17-/m10/s1. The number of benzene rings is 4. The first-order valence-electron chi connectivity index (χ1n) is 19.8. The van der Waals surface area contributed by atoms with E-state index in [1.165, 1.54) is 42.8 Å². The van der Waals surface area contributed by atoms with Gasteiger partial charge in [-0.05, 0) is 133 Å². The average Bonchev–Trinajstić information content (AvgIpc) is 3.74. The van der Waals surface area contributed by atoms with Gasteiger partial charge in [0, 0.05) is 38.3 Å². The SMILES string of the molecule is CC(C)COc1ccc2c(c1)CCN([C@@H](C)c1ccc3scnc3c1)CC2.CC(C)COc1ccc2c(c1)CCN([C@H](C)c1ccc3scnc3c1)CC2. The van der Waals surface area contributed by atoms with Crippen molar-refractivity contribution in [2.24, 2.45) is 11.8 Å². The Balaban J connectivity index is 0.000000167. The van der Waals surface area contributed by atoms with Crippen LogP contribution in [0.25, 0.3) is 20.4 Å². The summed E-state index contributed by atoms with van der Waals surface area (Å²) in [7, 11) is 0. The molecule has 6 nitrogen and oxygen atoms in total. The molecule has 0 radical (unpaired) electrons. The summed E-state index contributed by atoms with van der Waals surface area (Å²) in [6.07, 6.45) is 4.36.